The lowest BCUT2D eigenvalue weighted by molar-refractivity contribution is 0.0685. The summed E-state index contributed by atoms with van der Waals surface area (Å²) in [5.74, 6) is 0.325. The molecule has 3 aliphatic rings. The van der Waals surface area contributed by atoms with Crippen molar-refractivity contribution in [1.82, 2.24) is 14.4 Å². The highest BCUT2D eigenvalue weighted by Gasteiger charge is 2.40. The second-order valence-corrected chi connectivity index (χ2v) is 24.4. The fourth-order valence-corrected chi connectivity index (χ4v) is 9.60. The molecule has 16 nitrogen and oxygen atoms in total. The van der Waals surface area contributed by atoms with E-state index in [0.717, 1.165) is 17.6 Å². The van der Waals surface area contributed by atoms with Gasteiger partial charge < -0.3 is 48.2 Å². The van der Waals surface area contributed by atoms with Crippen LogP contribution in [0, 0.1) is 0 Å². The molecule has 69 heavy (non-hydrogen) atoms. The van der Waals surface area contributed by atoms with Gasteiger partial charge in [-0.3, -0.25) is 24.5 Å². The summed E-state index contributed by atoms with van der Waals surface area (Å²) < 4.78 is 37.3. The van der Waals surface area contributed by atoms with Gasteiger partial charge in [0, 0.05) is 49.6 Å². The van der Waals surface area contributed by atoms with Crippen molar-refractivity contribution in [3.05, 3.63) is 94.4 Å². The molecule has 0 bridgehead atoms. The molecule has 3 heterocycles. The van der Waals surface area contributed by atoms with Crippen molar-refractivity contribution >= 4 is 49.2 Å². The lowest BCUT2D eigenvalue weighted by atomic mass is 9.96. The number of nitrogens with one attached hydrogen (secondary N) is 1. The zero-order chi connectivity index (χ0) is 50.5. The minimum absolute atomic E-state index is 0.0383. The second kappa shape index (κ2) is 21.5. The molecule has 3 N–H and O–H groups in total. The van der Waals surface area contributed by atoms with Crippen LogP contribution < -0.4 is 30.0 Å². The third kappa shape index (κ3) is 11.6. The number of benzene rings is 2. The molecule has 0 spiro atoms. The van der Waals surface area contributed by atoms with Gasteiger partial charge in [-0.25, -0.2) is 4.79 Å². The number of rotatable bonds is 19. The topological polar surface area (TPSA) is 190 Å². The number of allylic oxidation sites excluding steroid dienone is 2. The highest BCUT2D eigenvalue weighted by Crippen LogP contribution is 2.40. The van der Waals surface area contributed by atoms with Crippen LogP contribution in [0.3, 0.4) is 0 Å². The number of nitrogens with zero attached hydrogens (tertiary/aromatic N) is 3. The van der Waals surface area contributed by atoms with E-state index in [9.17, 15) is 24.0 Å². The summed E-state index contributed by atoms with van der Waals surface area (Å²) in [5.41, 5.74) is 10.6. The first-order valence-electron chi connectivity index (χ1n) is 23.5. The first-order chi connectivity index (χ1) is 32.6. The number of unbranched alkanes of at least 4 members (excludes halogenated alkanes) is 2. The van der Waals surface area contributed by atoms with Gasteiger partial charge in [-0.1, -0.05) is 52.0 Å². The van der Waals surface area contributed by atoms with E-state index in [4.69, 9.17) is 33.8 Å². The van der Waals surface area contributed by atoms with Gasteiger partial charge in [-0.2, -0.15) is 0 Å². The van der Waals surface area contributed by atoms with E-state index in [1.165, 1.54) is 20.3 Å². The Hall–Kier alpha value is -6.33. The molecule has 2 atom stereocenters. The van der Waals surface area contributed by atoms with Crippen molar-refractivity contribution in [3.8, 4) is 23.0 Å². The Morgan fingerprint density at radius 3 is 1.99 bits per heavy atom. The SMILES string of the molecule is C=C1C[C@@H](CO[Si](C)(C)C(C)(C)C)N(C(=O)c2cc(OC)c(OCCCCCOc3cc(NC(=O)OCc4cc5c(n4C)C(=O)C=C(C)C5=O)c(C(=O)N4CC(=C)C[C@H]4CC)cc3OC)cc2N)C1. The number of anilines is 2. The summed E-state index contributed by atoms with van der Waals surface area (Å²) >= 11 is 0. The summed E-state index contributed by atoms with van der Waals surface area (Å²) in [6.07, 6.45) is 4.50. The van der Waals surface area contributed by atoms with Crippen molar-refractivity contribution in [1.29, 1.82) is 0 Å². The largest absolute Gasteiger partial charge is 0.493 e. The number of aromatic nitrogens is 1. The molecule has 2 fully saturated rings. The predicted molar refractivity (Wildman–Crippen MR) is 267 cm³/mol. The minimum atomic E-state index is -2.04. The minimum Gasteiger partial charge on any atom is -0.493 e. The fourth-order valence-electron chi connectivity index (χ4n) is 8.56. The van der Waals surface area contributed by atoms with Crippen LogP contribution in [0.5, 0.6) is 23.0 Å². The van der Waals surface area contributed by atoms with Gasteiger partial charge in [0.2, 0.25) is 5.78 Å². The monoisotopic (exact) mass is 967 g/mol. The Morgan fingerprint density at radius 1 is 0.826 bits per heavy atom. The van der Waals surface area contributed by atoms with Gasteiger partial charge in [0.05, 0.1) is 68.2 Å². The van der Waals surface area contributed by atoms with E-state index in [2.05, 4.69) is 52.3 Å². The van der Waals surface area contributed by atoms with Gasteiger partial charge in [-0.05, 0) is 87.9 Å². The Morgan fingerprint density at radius 2 is 1.39 bits per heavy atom. The third-order valence-electron chi connectivity index (χ3n) is 13.7. The van der Waals surface area contributed by atoms with Crippen LogP contribution in [0.25, 0.3) is 0 Å². The molecule has 3 amide bonds. The number of hydrogen-bond donors (Lipinski definition) is 2. The number of likely N-dealkylation sites (tertiary alicyclic amines) is 2. The number of ether oxygens (including phenoxy) is 5. The number of nitrogens with two attached hydrogens (primary N) is 1. The molecular formula is C52H69N5O11Si. The van der Waals surface area contributed by atoms with Gasteiger partial charge in [-0.15, -0.1) is 0 Å². The van der Waals surface area contributed by atoms with Gasteiger partial charge in [0.15, 0.2) is 37.1 Å². The van der Waals surface area contributed by atoms with E-state index < -0.39 is 14.4 Å². The van der Waals surface area contributed by atoms with Crippen molar-refractivity contribution in [2.45, 2.75) is 110 Å². The average molecular weight is 968 g/mol. The molecule has 2 aromatic carbocycles. The maximum Gasteiger partial charge on any atom is 0.412 e. The van der Waals surface area contributed by atoms with E-state index in [1.54, 1.807) is 58.7 Å². The molecule has 2 aliphatic heterocycles. The second-order valence-electron chi connectivity index (χ2n) is 19.6. The quantitative estimate of drug-likeness (QED) is 0.0502. The Kier molecular flexibility index (Phi) is 16.2. The summed E-state index contributed by atoms with van der Waals surface area (Å²) in [6, 6.07) is 7.70. The zero-order valence-corrected chi connectivity index (χ0v) is 42.9. The molecule has 3 aromatic rings. The van der Waals surface area contributed by atoms with Crippen molar-refractivity contribution in [2.24, 2.45) is 7.05 Å². The predicted octanol–water partition coefficient (Wildman–Crippen LogP) is 9.30. The van der Waals surface area contributed by atoms with Crippen molar-refractivity contribution < 1.29 is 52.1 Å². The number of hydrogen-bond acceptors (Lipinski definition) is 12. The molecule has 17 heteroatoms. The molecule has 6 rings (SSSR count). The summed E-state index contributed by atoms with van der Waals surface area (Å²) in [7, 11) is 2.59. The number of carbonyl (C=O) groups is 5. The number of methoxy groups -OCH3 is 2. The molecular weight excluding hydrogens is 899 g/mol. The van der Waals surface area contributed by atoms with Crippen LogP contribution in [0.1, 0.15) is 120 Å². The van der Waals surface area contributed by atoms with E-state index >= 15 is 0 Å². The maximum atomic E-state index is 14.2. The third-order valence-corrected chi connectivity index (χ3v) is 18.2. The Bertz CT molecular complexity index is 2550. The van der Waals surface area contributed by atoms with Gasteiger partial charge >= 0.3 is 6.09 Å². The van der Waals surface area contributed by atoms with Crippen LogP contribution in [-0.2, 0) is 22.8 Å². The number of carbonyl (C=O) groups excluding carboxylic acids is 5. The van der Waals surface area contributed by atoms with Gasteiger partial charge in [0.1, 0.15) is 12.3 Å². The van der Waals surface area contributed by atoms with Crippen molar-refractivity contribution in [2.75, 3.05) is 58.2 Å². The first kappa shape index (κ1) is 52.0. The van der Waals surface area contributed by atoms with E-state index in [-0.39, 0.29) is 81.9 Å². The molecule has 0 unspecified atom stereocenters. The molecule has 1 aromatic heterocycles. The number of nitrogen functional groups attached to an aromatic ring is 1. The molecule has 0 radical (unpaired) electrons. The lowest BCUT2D eigenvalue weighted by Crippen LogP contribution is -2.46. The van der Waals surface area contributed by atoms with Crippen LogP contribution >= 0.6 is 0 Å². The van der Waals surface area contributed by atoms with Gasteiger partial charge in [0.25, 0.3) is 11.8 Å². The van der Waals surface area contributed by atoms with E-state index in [0.29, 0.717) is 98.2 Å². The van der Waals surface area contributed by atoms with Crippen LogP contribution in [-0.4, -0.2) is 111 Å². The average Bonchev–Trinajstić information content (AvgIpc) is 3.98. The summed E-state index contributed by atoms with van der Waals surface area (Å²) in [4.78, 5) is 70.5. The van der Waals surface area contributed by atoms with Crippen molar-refractivity contribution in [3.63, 3.8) is 0 Å². The number of amides is 3. The maximum absolute atomic E-state index is 14.2. The number of ketones is 2. The first-order valence-corrected chi connectivity index (χ1v) is 26.4. The van der Waals surface area contributed by atoms with Crippen LogP contribution in [0.4, 0.5) is 16.2 Å². The molecule has 0 saturated carbocycles. The summed E-state index contributed by atoms with van der Waals surface area (Å²) in [6.45, 7) is 24.5. The summed E-state index contributed by atoms with van der Waals surface area (Å²) in [5, 5.41) is 2.77. The number of fused-ring (bicyclic) bond motifs is 1. The molecule has 1 aliphatic carbocycles. The smallest absolute Gasteiger partial charge is 0.412 e. The lowest BCUT2D eigenvalue weighted by Gasteiger charge is -2.38. The highest BCUT2D eigenvalue weighted by atomic mass is 28.4. The fraction of sp³-hybridized carbons (Fsp3) is 0.481. The standard InChI is InChI=1S/C52H69N5O11Si/c1-13-34-19-31(2)27-56(34)50(61)38-24-44(64-10)46(26-41(38)54-51(62)67-29-35-22-39-47(55(35)8)42(58)21-33(4)48(39)59)66-18-16-14-15-17-65-45-25-40(53)37(23-43(45)63-9)49(60)57-28-32(3)20-36(57)30-68-69(11,12)52(5,6)7/h21-26,34,36H,2-3,13-20,27-30,53H2,1,4-12H3,(H,54,62)/t34-,36+/m1/s1. The zero-order valence-electron chi connectivity index (χ0n) is 41.9. The normalized spacial score (nSPS) is 17.2. The number of Topliss-reactive ketones (excluding diaryl/α,β-unsaturated/α-hetero) is 1. The molecule has 372 valence electrons. The molecule has 2 saturated heterocycles. The Labute approximate surface area is 406 Å². The van der Waals surface area contributed by atoms with Crippen LogP contribution in [0.15, 0.2) is 66.3 Å². The van der Waals surface area contributed by atoms with Crippen LogP contribution in [0.2, 0.25) is 18.1 Å². The Balaban J connectivity index is 1.07. The highest BCUT2D eigenvalue weighted by molar-refractivity contribution is 6.74. The van der Waals surface area contributed by atoms with E-state index in [1.807, 2.05) is 6.92 Å².